The lowest BCUT2D eigenvalue weighted by Crippen LogP contribution is -2.28. The average molecular weight is 315 g/mol. The number of carbonyl (C=O) groups excluding carboxylic acids is 1. The van der Waals surface area contributed by atoms with Crippen molar-refractivity contribution in [3.63, 3.8) is 0 Å². The molecule has 1 amide bonds. The maximum Gasteiger partial charge on any atom is 0.251 e. The van der Waals surface area contributed by atoms with E-state index < -0.39 is 6.10 Å². The molecular formula is C18H18FNO3. The zero-order valence-corrected chi connectivity index (χ0v) is 12.5. The van der Waals surface area contributed by atoms with Gasteiger partial charge in [0.15, 0.2) is 0 Å². The molecule has 120 valence electrons. The maximum absolute atomic E-state index is 12.8. The van der Waals surface area contributed by atoms with Crippen molar-refractivity contribution in [3.05, 3.63) is 78.1 Å². The second-order valence-electron chi connectivity index (χ2n) is 4.90. The molecule has 5 heteroatoms. The van der Waals surface area contributed by atoms with E-state index in [0.717, 1.165) is 0 Å². The van der Waals surface area contributed by atoms with E-state index in [-0.39, 0.29) is 18.3 Å². The van der Waals surface area contributed by atoms with E-state index in [1.807, 2.05) is 0 Å². The van der Waals surface area contributed by atoms with Gasteiger partial charge in [-0.05, 0) is 42.0 Å². The second-order valence-corrected chi connectivity index (χ2v) is 4.90. The second kappa shape index (κ2) is 8.10. The van der Waals surface area contributed by atoms with Crippen LogP contribution in [0.15, 0.2) is 61.2 Å². The number of aliphatic hydroxyl groups is 1. The normalized spacial score (nSPS) is 11.6. The molecule has 2 aromatic carbocycles. The Morgan fingerprint density at radius 3 is 2.48 bits per heavy atom. The molecule has 4 nitrogen and oxygen atoms in total. The van der Waals surface area contributed by atoms with Crippen molar-refractivity contribution in [1.29, 1.82) is 0 Å². The molecule has 0 fully saturated rings. The molecule has 0 radical (unpaired) electrons. The van der Waals surface area contributed by atoms with Crippen molar-refractivity contribution >= 4 is 5.91 Å². The van der Waals surface area contributed by atoms with Crippen LogP contribution in [0, 0.1) is 5.82 Å². The first-order valence-corrected chi connectivity index (χ1v) is 7.15. The minimum absolute atomic E-state index is 0.0409. The lowest BCUT2D eigenvalue weighted by molar-refractivity contribution is 0.0916. The summed E-state index contributed by atoms with van der Waals surface area (Å²) in [7, 11) is 0. The molecule has 0 aromatic heterocycles. The molecule has 1 atom stereocenters. The third-order valence-corrected chi connectivity index (χ3v) is 3.20. The van der Waals surface area contributed by atoms with E-state index in [1.54, 1.807) is 30.3 Å². The van der Waals surface area contributed by atoms with Gasteiger partial charge in [-0.3, -0.25) is 4.79 Å². The molecule has 0 aliphatic carbocycles. The fourth-order valence-electron chi connectivity index (χ4n) is 1.95. The molecule has 1 unspecified atom stereocenters. The molecule has 23 heavy (non-hydrogen) atoms. The van der Waals surface area contributed by atoms with Crippen LogP contribution in [0.4, 0.5) is 4.39 Å². The average Bonchev–Trinajstić information content (AvgIpc) is 2.58. The predicted molar refractivity (Wildman–Crippen MR) is 85.8 cm³/mol. The van der Waals surface area contributed by atoms with Crippen molar-refractivity contribution in [2.45, 2.75) is 6.10 Å². The molecule has 0 bridgehead atoms. The number of benzene rings is 2. The molecule has 0 saturated carbocycles. The van der Waals surface area contributed by atoms with Crippen LogP contribution in [0.5, 0.6) is 5.75 Å². The monoisotopic (exact) mass is 315 g/mol. The number of halogens is 1. The number of nitrogens with one attached hydrogen (secondary N) is 1. The van der Waals surface area contributed by atoms with E-state index in [0.29, 0.717) is 23.5 Å². The van der Waals surface area contributed by atoms with Gasteiger partial charge in [0.25, 0.3) is 5.91 Å². The summed E-state index contributed by atoms with van der Waals surface area (Å²) >= 11 is 0. The zero-order valence-electron chi connectivity index (χ0n) is 12.5. The minimum Gasteiger partial charge on any atom is -0.490 e. The number of aliphatic hydroxyl groups excluding tert-OH is 1. The standard InChI is InChI=1S/C18H18FNO3/c1-2-11-23-16-9-5-14(6-10-16)18(22)20-12-17(21)13-3-7-15(19)8-4-13/h2-10,17,21H,1,11-12H2,(H,20,22). The highest BCUT2D eigenvalue weighted by Crippen LogP contribution is 2.14. The SMILES string of the molecule is C=CCOc1ccc(C(=O)NCC(O)c2ccc(F)cc2)cc1. The highest BCUT2D eigenvalue weighted by atomic mass is 19.1. The van der Waals surface area contributed by atoms with Crippen LogP contribution in [0.2, 0.25) is 0 Å². The molecule has 2 N–H and O–H groups in total. The first-order valence-electron chi connectivity index (χ1n) is 7.15. The van der Waals surface area contributed by atoms with E-state index in [4.69, 9.17) is 4.74 Å². The molecule has 0 saturated heterocycles. The van der Waals surface area contributed by atoms with E-state index in [9.17, 15) is 14.3 Å². The Morgan fingerprint density at radius 1 is 1.22 bits per heavy atom. The smallest absolute Gasteiger partial charge is 0.251 e. The number of hydrogen-bond acceptors (Lipinski definition) is 3. The number of carbonyl (C=O) groups is 1. The van der Waals surface area contributed by atoms with Crippen LogP contribution in [-0.4, -0.2) is 24.2 Å². The van der Waals surface area contributed by atoms with Gasteiger partial charge in [-0.15, -0.1) is 0 Å². The van der Waals surface area contributed by atoms with Crippen molar-refractivity contribution in [1.82, 2.24) is 5.32 Å². The molecule has 0 heterocycles. The molecule has 0 spiro atoms. The highest BCUT2D eigenvalue weighted by Gasteiger charge is 2.11. The largest absolute Gasteiger partial charge is 0.490 e. The Bertz CT molecular complexity index is 653. The first kappa shape index (κ1) is 16.7. The number of ether oxygens (including phenoxy) is 1. The lowest BCUT2D eigenvalue weighted by atomic mass is 10.1. The highest BCUT2D eigenvalue weighted by molar-refractivity contribution is 5.94. The quantitative estimate of drug-likeness (QED) is 0.773. The van der Waals surface area contributed by atoms with Crippen LogP contribution >= 0.6 is 0 Å². The van der Waals surface area contributed by atoms with Crippen molar-refractivity contribution in [2.75, 3.05) is 13.2 Å². The summed E-state index contributed by atoms with van der Waals surface area (Å²) in [6.45, 7) is 4.00. The Balaban J connectivity index is 1.88. The van der Waals surface area contributed by atoms with Crippen LogP contribution in [0.25, 0.3) is 0 Å². The first-order chi connectivity index (χ1) is 11.1. The van der Waals surface area contributed by atoms with Gasteiger partial charge in [0.05, 0.1) is 6.10 Å². The molecule has 0 aliphatic heterocycles. The summed E-state index contributed by atoms with van der Waals surface area (Å²) in [4.78, 5) is 12.0. The van der Waals surface area contributed by atoms with Gasteiger partial charge in [-0.2, -0.15) is 0 Å². The third kappa shape index (κ3) is 4.93. The summed E-state index contributed by atoms with van der Waals surface area (Å²) in [5.41, 5.74) is 1.00. The third-order valence-electron chi connectivity index (χ3n) is 3.20. The molecular weight excluding hydrogens is 297 g/mol. The van der Waals surface area contributed by atoms with E-state index in [1.165, 1.54) is 24.3 Å². The minimum atomic E-state index is -0.894. The molecule has 2 aromatic rings. The summed E-state index contributed by atoms with van der Waals surface area (Å²) < 4.78 is 18.2. The Labute approximate surface area is 134 Å². The summed E-state index contributed by atoms with van der Waals surface area (Å²) in [5.74, 6) is -0.0297. The van der Waals surface area contributed by atoms with Gasteiger partial charge < -0.3 is 15.2 Å². The summed E-state index contributed by atoms with van der Waals surface area (Å²) in [6.07, 6.45) is 0.743. The fourth-order valence-corrected chi connectivity index (χ4v) is 1.95. The van der Waals surface area contributed by atoms with Gasteiger partial charge in [0.2, 0.25) is 0 Å². The van der Waals surface area contributed by atoms with Crippen molar-refractivity contribution in [3.8, 4) is 5.75 Å². The zero-order chi connectivity index (χ0) is 16.7. The van der Waals surface area contributed by atoms with Crippen LogP contribution in [0.1, 0.15) is 22.0 Å². The van der Waals surface area contributed by atoms with Gasteiger partial charge in [-0.25, -0.2) is 4.39 Å². The number of rotatable bonds is 7. The summed E-state index contributed by atoms with van der Waals surface area (Å²) in [6, 6.07) is 12.2. The molecule has 2 rings (SSSR count). The number of hydrogen-bond donors (Lipinski definition) is 2. The Kier molecular flexibility index (Phi) is 5.88. The van der Waals surface area contributed by atoms with Crippen molar-refractivity contribution in [2.24, 2.45) is 0 Å². The van der Waals surface area contributed by atoms with Gasteiger partial charge in [-0.1, -0.05) is 24.8 Å². The summed E-state index contributed by atoms with van der Waals surface area (Å²) in [5, 5.41) is 12.6. The maximum atomic E-state index is 12.8. The van der Waals surface area contributed by atoms with Crippen molar-refractivity contribution < 1.29 is 19.0 Å². The number of amides is 1. The lowest BCUT2D eigenvalue weighted by Gasteiger charge is -2.12. The van der Waals surface area contributed by atoms with Crippen LogP contribution < -0.4 is 10.1 Å². The Hall–Kier alpha value is -2.66. The van der Waals surface area contributed by atoms with Gasteiger partial charge in [0, 0.05) is 12.1 Å². The van der Waals surface area contributed by atoms with E-state index >= 15 is 0 Å². The Morgan fingerprint density at radius 2 is 1.87 bits per heavy atom. The molecule has 0 aliphatic rings. The van der Waals surface area contributed by atoms with E-state index in [2.05, 4.69) is 11.9 Å². The van der Waals surface area contributed by atoms with Crippen LogP contribution in [-0.2, 0) is 0 Å². The van der Waals surface area contributed by atoms with Gasteiger partial charge in [0.1, 0.15) is 18.2 Å². The van der Waals surface area contributed by atoms with Gasteiger partial charge >= 0.3 is 0 Å². The topological polar surface area (TPSA) is 58.6 Å². The van der Waals surface area contributed by atoms with Crippen LogP contribution in [0.3, 0.4) is 0 Å². The predicted octanol–water partition coefficient (Wildman–Crippen LogP) is 2.85. The fraction of sp³-hybridized carbons (Fsp3) is 0.167.